The van der Waals surface area contributed by atoms with Crippen LogP contribution in [0, 0.1) is 5.41 Å². The zero-order valence-corrected chi connectivity index (χ0v) is 22.6. The van der Waals surface area contributed by atoms with Crippen molar-refractivity contribution in [2.45, 2.75) is 36.7 Å². The Morgan fingerprint density at radius 3 is 2.42 bits per heavy atom. The number of rotatable bonds is 10. The highest BCUT2D eigenvalue weighted by Gasteiger charge is 2.52. The summed E-state index contributed by atoms with van der Waals surface area (Å²) in [6.07, 6.45) is 1.20. The number of sulfonamides is 1. The zero-order valence-electron chi connectivity index (χ0n) is 21.0. The maximum atomic E-state index is 13.7. The molecule has 200 valence electrons. The van der Waals surface area contributed by atoms with Crippen molar-refractivity contribution in [1.82, 2.24) is 10.0 Å². The van der Waals surface area contributed by atoms with Gasteiger partial charge in [-0.3, -0.25) is 9.59 Å². The minimum absolute atomic E-state index is 0.139. The molecule has 38 heavy (non-hydrogen) atoms. The van der Waals surface area contributed by atoms with Crippen LogP contribution < -0.4 is 14.8 Å². The molecular weight excluding hydrogens is 528 g/mol. The van der Waals surface area contributed by atoms with Gasteiger partial charge >= 0.3 is 5.97 Å². The molecule has 0 aromatic heterocycles. The lowest BCUT2D eigenvalue weighted by atomic mass is 9.73. The van der Waals surface area contributed by atoms with Gasteiger partial charge in [0, 0.05) is 10.6 Å². The van der Waals surface area contributed by atoms with Crippen molar-refractivity contribution in [2.75, 3.05) is 13.7 Å². The third kappa shape index (κ3) is 5.47. The Balaban J connectivity index is 1.82. The number of hydrogen-bond donors (Lipinski definition) is 3. The van der Waals surface area contributed by atoms with Crippen molar-refractivity contribution in [1.29, 1.82) is 0 Å². The van der Waals surface area contributed by atoms with E-state index in [2.05, 4.69) is 10.0 Å². The largest absolute Gasteiger partial charge is 0.496 e. The fourth-order valence-electron chi connectivity index (χ4n) is 4.76. The molecule has 1 heterocycles. The van der Waals surface area contributed by atoms with Crippen LogP contribution in [0.5, 0.6) is 5.75 Å². The highest BCUT2D eigenvalue weighted by molar-refractivity contribution is 7.89. The third-order valence-corrected chi connectivity index (χ3v) is 8.61. The molecule has 1 unspecified atom stereocenters. The topological polar surface area (TPSA) is 122 Å². The van der Waals surface area contributed by atoms with E-state index in [4.69, 9.17) is 16.3 Å². The maximum Gasteiger partial charge on any atom is 0.318 e. The number of aliphatic carboxylic acids is 1. The summed E-state index contributed by atoms with van der Waals surface area (Å²) in [5.41, 5.74) is -0.196. The molecule has 3 N–H and O–H groups in total. The van der Waals surface area contributed by atoms with Gasteiger partial charge in [0.2, 0.25) is 10.0 Å². The predicted molar refractivity (Wildman–Crippen MR) is 145 cm³/mol. The van der Waals surface area contributed by atoms with E-state index in [1.807, 2.05) is 24.3 Å². The molecule has 1 saturated heterocycles. The lowest BCUT2D eigenvalue weighted by Gasteiger charge is -2.35. The molecule has 3 atom stereocenters. The van der Waals surface area contributed by atoms with Gasteiger partial charge in [-0.1, -0.05) is 60.1 Å². The first kappa shape index (κ1) is 27.8. The van der Waals surface area contributed by atoms with E-state index >= 15 is 0 Å². The van der Waals surface area contributed by atoms with E-state index in [9.17, 15) is 23.1 Å². The Labute approximate surface area is 227 Å². The number of para-hydroxylation sites is 1. The molecule has 4 rings (SSSR count). The molecule has 0 spiro atoms. The number of carbonyl (C=O) groups is 2. The summed E-state index contributed by atoms with van der Waals surface area (Å²) in [4.78, 5) is 26.3. The second-order valence-electron chi connectivity index (χ2n) is 9.35. The maximum absolute atomic E-state index is 13.7. The van der Waals surface area contributed by atoms with Crippen LogP contribution in [0.4, 0.5) is 0 Å². The molecule has 10 heteroatoms. The highest BCUT2D eigenvalue weighted by atomic mass is 35.5. The summed E-state index contributed by atoms with van der Waals surface area (Å²) in [5.74, 6) is -1.37. The summed E-state index contributed by atoms with van der Waals surface area (Å²) >= 11 is 6.02. The first-order valence-electron chi connectivity index (χ1n) is 12.1. The summed E-state index contributed by atoms with van der Waals surface area (Å²) < 4.78 is 34.9. The van der Waals surface area contributed by atoms with Gasteiger partial charge < -0.3 is 15.2 Å². The summed E-state index contributed by atoms with van der Waals surface area (Å²) in [6.45, 7) is 1.86. The zero-order chi connectivity index (χ0) is 27.5. The molecule has 1 fully saturated rings. The number of benzene rings is 3. The van der Waals surface area contributed by atoms with Crippen molar-refractivity contribution in [3.8, 4) is 16.9 Å². The molecule has 1 aliphatic heterocycles. The molecular formula is C28H29ClN2O6S. The number of methoxy groups -OCH3 is 1. The van der Waals surface area contributed by atoms with E-state index in [-0.39, 0.29) is 9.92 Å². The van der Waals surface area contributed by atoms with Gasteiger partial charge in [-0.2, -0.15) is 0 Å². The van der Waals surface area contributed by atoms with Crippen LogP contribution in [0.1, 0.15) is 31.4 Å². The molecule has 1 aliphatic rings. The van der Waals surface area contributed by atoms with Crippen LogP contribution in [0.3, 0.4) is 0 Å². The van der Waals surface area contributed by atoms with Crippen LogP contribution in [0.25, 0.3) is 11.1 Å². The van der Waals surface area contributed by atoms with Gasteiger partial charge in [0.15, 0.2) is 5.78 Å². The minimum Gasteiger partial charge on any atom is -0.496 e. The van der Waals surface area contributed by atoms with E-state index in [1.54, 1.807) is 31.4 Å². The normalized spacial score (nSPS) is 17.9. The Bertz CT molecular complexity index is 1440. The molecule has 0 aliphatic carbocycles. The quantitative estimate of drug-likeness (QED) is 0.315. The molecule has 8 nitrogen and oxygen atoms in total. The first-order chi connectivity index (χ1) is 18.1. The number of ether oxygens (including phenoxy) is 1. The van der Waals surface area contributed by atoms with Crippen molar-refractivity contribution in [3.63, 3.8) is 0 Å². The standard InChI is InChI=1S/C28H29ClN2O6S/c1-28(27(33)34,26(32)23-10-6-16-30-23)25(31-38(35,36)21-8-5-7-20(29)17-21)19-14-12-18(13-15-19)22-9-3-4-11-24(22)37-2/h3-5,7-9,11-15,17,23,25,30-31H,6,10,16H2,1-2H3,(H,33,34)/t23?,25-,28+/m1/s1. The molecule has 0 radical (unpaired) electrons. The number of ketones is 1. The Morgan fingerprint density at radius 1 is 1.11 bits per heavy atom. The van der Waals surface area contributed by atoms with Crippen LogP contribution in [-0.4, -0.2) is 45.0 Å². The number of carboxylic acid groups (broad SMARTS) is 1. The highest BCUT2D eigenvalue weighted by Crippen LogP contribution is 2.40. The van der Waals surface area contributed by atoms with E-state index in [1.165, 1.54) is 31.2 Å². The number of carboxylic acids is 1. The van der Waals surface area contributed by atoms with Crippen molar-refractivity contribution in [3.05, 3.63) is 83.4 Å². The van der Waals surface area contributed by atoms with Crippen LogP contribution in [0.2, 0.25) is 5.02 Å². The lowest BCUT2D eigenvalue weighted by Crippen LogP contribution is -2.54. The van der Waals surface area contributed by atoms with Gasteiger partial charge in [-0.05, 0) is 61.7 Å². The Kier molecular flexibility index (Phi) is 8.22. The van der Waals surface area contributed by atoms with Crippen LogP contribution in [-0.2, 0) is 19.6 Å². The Hall–Kier alpha value is -3.24. The summed E-state index contributed by atoms with van der Waals surface area (Å²) in [6, 6.07) is 17.7. The minimum atomic E-state index is -4.27. The smallest absolute Gasteiger partial charge is 0.318 e. The molecule has 3 aromatic rings. The van der Waals surface area contributed by atoms with Gasteiger partial charge in [-0.15, -0.1) is 0 Å². The SMILES string of the molecule is COc1ccccc1-c1ccc([C@@H](NS(=O)(=O)c2cccc(Cl)c2)[C@](C)(C(=O)O)C(=O)C2CCCN2)cc1. The molecule has 0 bridgehead atoms. The van der Waals surface area contributed by atoms with Crippen LogP contribution >= 0.6 is 11.6 Å². The lowest BCUT2D eigenvalue weighted by molar-refractivity contribution is -0.156. The van der Waals surface area contributed by atoms with Crippen LogP contribution in [0.15, 0.2) is 77.7 Å². The van der Waals surface area contributed by atoms with Gasteiger partial charge in [0.25, 0.3) is 0 Å². The fraction of sp³-hybridized carbons (Fsp3) is 0.286. The van der Waals surface area contributed by atoms with Crippen molar-refractivity contribution < 1.29 is 27.9 Å². The number of hydrogen-bond acceptors (Lipinski definition) is 6. The van der Waals surface area contributed by atoms with Gasteiger partial charge in [0.05, 0.1) is 24.1 Å². The number of Topliss-reactive ketones (excluding diaryl/α,β-unsaturated/α-hetero) is 1. The predicted octanol–water partition coefficient (Wildman–Crippen LogP) is 4.45. The van der Waals surface area contributed by atoms with Crippen molar-refractivity contribution in [2.24, 2.45) is 5.41 Å². The number of carbonyl (C=O) groups excluding carboxylic acids is 1. The second-order valence-corrected chi connectivity index (χ2v) is 11.5. The van der Waals surface area contributed by atoms with Gasteiger partial charge in [-0.25, -0.2) is 13.1 Å². The van der Waals surface area contributed by atoms with E-state index in [0.29, 0.717) is 24.3 Å². The van der Waals surface area contributed by atoms with Gasteiger partial charge in [0.1, 0.15) is 11.2 Å². The molecule has 3 aromatic carbocycles. The monoisotopic (exact) mass is 556 g/mol. The Morgan fingerprint density at radius 2 is 1.82 bits per heavy atom. The summed E-state index contributed by atoms with van der Waals surface area (Å²) in [7, 11) is -2.70. The average Bonchev–Trinajstić information content (AvgIpc) is 3.46. The molecule has 0 amide bonds. The second kappa shape index (κ2) is 11.2. The fourth-order valence-corrected chi connectivity index (χ4v) is 6.37. The summed E-state index contributed by atoms with van der Waals surface area (Å²) in [5, 5.41) is 13.6. The average molecular weight is 557 g/mol. The molecule has 0 saturated carbocycles. The number of nitrogens with one attached hydrogen (secondary N) is 2. The van der Waals surface area contributed by atoms with Crippen molar-refractivity contribution >= 4 is 33.4 Å². The third-order valence-electron chi connectivity index (χ3n) is 6.95. The van der Waals surface area contributed by atoms with E-state index in [0.717, 1.165) is 17.5 Å². The first-order valence-corrected chi connectivity index (χ1v) is 14.0. The van der Waals surface area contributed by atoms with E-state index < -0.39 is 39.3 Å². The number of halogens is 1.